The Morgan fingerprint density at radius 2 is 2.04 bits per heavy atom. The zero-order valence-electron chi connectivity index (χ0n) is 13.9. The molecule has 25 heavy (non-hydrogen) atoms. The quantitative estimate of drug-likeness (QED) is 0.665. The fraction of sp³-hybridized carbons (Fsp3) is 0.158. The Hall–Kier alpha value is -2.37. The second-order valence-corrected chi connectivity index (χ2v) is 7.01. The van der Waals surface area contributed by atoms with Crippen molar-refractivity contribution < 1.29 is 9.53 Å². The van der Waals surface area contributed by atoms with E-state index in [0.29, 0.717) is 28.6 Å². The molecule has 0 aliphatic carbocycles. The number of carbonyl (C=O) groups excluding carboxylic acids is 1. The average Bonchev–Trinajstić information content (AvgIpc) is 3.03. The molecule has 4 nitrogen and oxygen atoms in total. The maximum Gasteiger partial charge on any atom is 0.255 e. The highest BCUT2D eigenvalue weighted by molar-refractivity contribution is 7.09. The molecule has 1 aromatic heterocycles. The van der Waals surface area contributed by atoms with Crippen LogP contribution in [0.2, 0.25) is 5.02 Å². The minimum atomic E-state index is -0.208. The van der Waals surface area contributed by atoms with Crippen molar-refractivity contribution in [3.05, 3.63) is 74.7 Å². The number of hydrogen-bond acceptors (Lipinski definition) is 4. The van der Waals surface area contributed by atoms with Gasteiger partial charge in [0.1, 0.15) is 12.4 Å². The van der Waals surface area contributed by atoms with Gasteiger partial charge >= 0.3 is 0 Å². The minimum absolute atomic E-state index is 0.208. The van der Waals surface area contributed by atoms with Crippen LogP contribution >= 0.6 is 22.9 Å². The highest BCUT2D eigenvalue weighted by Crippen LogP contribution is 2.24. The Labute approximate surface area is 155 Å². The van der Waals surface area contributed by atoms with Gasteiger partial charge in [0.25, 0.3) is 5.91 Å². The topological polar surface area (TPSA) is 51.2 Å². The lowest BCUT2D eigenvalue weighted by molar-refractivity contribution is 0.102. The number of amides is 1. The molecule has 3 rings (SSSR count). The number of nitrogens with zero attached hydrogens (tertiary/aromatic N) is 1. The number of thiazole rings is 1. The van der Waals surface area contributed by atoms with Gasteiger partial charge in [-0.25, -0.2) is 4.98 Å². The summed E-state index contributed by atoms with van der Waals surface area (Å²) in [6.07, 6.45) is 0. The molecular formula is C19H17ClN2O2S. The lowest BCUT2D eigenvalue weighted by atomic mass is 10.1. The van der Waals surface area contributed by atoms with Crippen LogP contribution < -0.4 is 10.1 Å². The van der Waals surface area contributed by atoms with Crippen LogP contribution in [0.15, 0.2) is 47.8 Å². The van der Waals surface area contributed by atoms with Gasteiger partial charge in [-0.1, -0.05) is 23.7 Å². The van der Waals surface area contributed by atoms with E-state index in [2.05, 4.69) is 10.3 Å². The van der Waals surface area contributed by atoms with E-state index in [0.717, 1.165) is 16.3 Å². The van der Waals surface area contributed by atoms with E-state index in [1.807, 2.05) is 31.4 Å². The smallest absolute Gasteiger partial charge is 0.255 e. The average molecular weight is 373 g/mol. The molecule has 1 amide bonds. The maximum atomic E-state index is 12.5. The van der Waals surface area contributed by atoms with Crippen LogP contribution in [0, 0.1) is 13.8 Å². The number of anilines is 1. The molecule has 1 heterocycles. The second kappa shape index (κ2) is 7.68. The Morgan fingerprint density at radius 3 is 2.80 bits per heavy atom. The minimum Gasteiger partial charge on any atom is -0.487 e. The van der Waals surface area contributed by atoms with E-state index in [1.165, 1.54) is 0 Å². The first-order chi connectivity index (χ1) is 12.0. The predicted octanol–water partition coefficient (Wildman–Crippen LogP) is 5.24. The normalized spacial score (nSPS) is 10.5. The van der Waals surface area contributed by atoms with Crippen molar-refractivity contribution in [3.8, 4) is 5.75 Å². The van der Waals surface area contributed by atoms with Crippen LogP contribution in [0.4, 0.5) is 5.69 Å². The van der Waals surface area contributed by atoms with Crippen molar-refractivity contribution >= 4 is 34.5 Å². The van der Waals surface area contributed by atoms with Crippen molar-refractivity contribution in [2.45, 2.75) is 20.5 Å². The summed E-state index contributed by atoms with van der Waals surface area (Å²) in [5, 5.41) is 6.47. The third-order valence-corrected chi connectivity index (χ3v) is 4.90. The number of carbonyl (C=O) groups is 1. The SMILES string of the molecule is Cc1nc(COc2cccc(C(=O)Nc3cccc(Cl)c3C)c2)cs1. The summed E-state index contributed by atoms with van der Waals surface area (Å²) in [7, 11) is 0. The van der Waals surface area contributed by atoms with Crippen LogP contribution in [0.1, 0.15) is 26.6 Å². The molecule has 1 N–H and O–H groups in total. The van der Waals surface area contributed by atoms with Gasteiger partial charge in [-0.05, 0) is 49.7 Å². The van der Waals surface area contributed by atoms with E-state index >= 15 is 0 Å². The van der Waals surface area contributed by atoms with E-state index in [4.69, 9.17) is 16.3 Å². The number of aromatic nitrogens is 1. The highest BCUT2D eigenvalue weighted by atomic mass is 35.5. The molecule has 6 heteroatoms. The molecule has 0 saturated carbocycles. The van der Waals surface area contributed by atoms with Crippen LogP contribution in [0.3, 0.4) is 0 Å². The summed E-state index contributed by atoms with van der Waals surface area (Å²) < 4.78 is 5.73. The number of aryl methyl sites for hydroxylation is 1. The molecule has 0 bridgehead atoms. The first kappa shape index (κ1) is 17.5. The molecule has 0 atom stereocenters. The summed E-state index contributed by atoms with van der Waals surface area (Å²) in [4.78, 5) is 16.8. The van der Waals surface area contributed by atoms with Crippen LogP contribution in [0.25, 0.3) is 0 Å². The van der Waals surface area contributed by atoms with Crippen molar-refractivity contribution in [1.82, 2.24) is 4.98 Å². The van der Waals surface area contributed by atoms with Crippen molar-refractivity contribution in [2.24, 2.45) is 0 Å². The monoisotopic (exact) mass is 372 g/mol. The zero-order valence-corrected chi connectivity index (χ0v) is 15.4. The van der Waals surface area contributed by atoms with E-state index < -0.39 is 0 Å². The van der Waals surface area contributed by atoms with Gasteiger partial charge < -0.3 is 10.1 Å². The van der Waals surface area contributed by atoms with Gasteiger partial charge in [0.2, 0.25) is 0 Å². The largest absolute Gasteiger partial charge is 0.487 e. The Balaban J connectivity index is 1.69. The summed E-state index contributed by atoms with van der Waals surface area (Å²) in [5.74, 6) is 0.418. The van der Waals surface area contributed by atoms with Gasteiger partial charge in [-0.2, -0.15) is 0 Å². The number of ether oxygens (including phenoxy) is 1. The lowest BCUT2D eigenvalue weighted by Gasteiger charge is -2.10. The fourth-order valence-electron chi connectivity index (χ4n) is 2.30. The van der Waals surface area contributed by atoms with Gasteiger partial charge in [0, 0.05) is 21.7 Å². The summed E-state index contributed by atoms with van der Waals surface area (Å²) in [6.45, 7) is 4.20. The maximum absolute atomic E-state index is 12.5. The van der Waals surface area contributed by atoms with Gasteiger partial charge in [0.15, 0.2) is 0 Å². The van der Waals surface area contributed by atoms with Crippen molar-refractivity contribution in [1.29, 1.82) is 0 Å². The third-order valence-electron chi connectivity index (χ3n) is 3.67. The van der Waals surface area contributed by atoms with Crippen molar-refractivity contribution in [2.75, 3.05) is 5.32 Å². The Kier molecular flexibility index (Phi) is 5.36. The lowest BCUT2D eigenvalue weighted by Crippen LogP contribution is -2.13. The molecule has 0 spiro atoms. The fourth-order valence-corrected chi connectivity index (χ4v) is 3.07. The summed E-state index contributed by atoms with van der Waals surface area (Å²) in [5.41, 5.74) is 2.93. The van der Waals surface area contributed by atoms with Crippen molar-refractivity contribution in [3.63, 3.8) is 0 Å². The van der Waals surface area contributed by atoms with E-state index in [-0.39, 0.29) is 5.91 Å². The van der Waals surface area contributed by atoms with Gasteiger partial charge in [0.05, 0.1) is 10.7 Å². The third kappa shape index (κ3) is 4.38. The standard InChI is InChI=1S/C19H17ClN2O2S/c1-12-17(20)7-4-8-18(12)22-19(23)14-5-3-6-16(9-14)24-10-15-11-25-13(2)21-15/h3-9,11H,10H2,1-2H3,(H,22,23). The number of nitrogens with one attached hydrogen (secondary N) is 1. The molecule has 128 valence electrons. The first-order valence-electron chi connectivity index (χ1n) is 7.73. The molecule has 0 saturated heterocycles. The predicted molar refractivity (Wildman–Crippen MR) is 102 cm³/mol. The van der Waals surface area contributed by atoms with E-state index in [1.54, 1.807) is 41.7 Å². The zero-order chi connectivity index (χ0) is 17.8. The van der Waals surface area contributed by atoms with Crippen LogP contribution in [-0.4, -0.2) is 10.9 Å². The molecule has 0 radical (unpaired) electrons. The number of hydrogen-bond donors (Lipinski definition) is 1. The summed E-state index contributed by atoms with van der Waals surface area (Å²) in [6, 6.07) is 12.5. The Morgan fingerprint density at radius 1 is 1.24 bits per heavy atom. The first-order valence-corrected chi connectivity index (χ1v) is 8.99. The van der Waals surface area contributed by atoms with Gasteiger partial charge in [-0.15, -0.1) is 11.3 Å². The van der Waals surface area contributed by atoms with Crippen LogP contribution in [-0.2, 0) is 6.61 Å². The van der Waals surface area contributed by atoms with E-state index in [9.17, 15) is 4.79 Å². The number of halogens is 1. The van der Waals surface area contributed by atoms with Crippen LogP contribution in [0.5, 0.6) is 5.75 Å². The van der Waals surface area contributed by atoms with Gasteiger partial charge in [-0.3, -0.25) is 4.79 Å². The molecule has 0 unspecified atom stereocenters. The molecule has 0 aliphatic rings. The molecule has 2 aromatic carbocycles. The number of rotatable bonds is 5. The second-order valence-electron chi connectivity index (χ2n) is 5.54. The molecule has 3 aromatic rings. The summed E-state index contributed by atoms with van der Waals surface area (Å²) >= 11 is 7.68. The Bertz CT molecular complexity index is 908. The molecule has 0 aliphatic heterocycles. The molecular weight excluding hydrogens is 356 g/mol. The number of benzene rings is 2. The highest BCUT2D eigenvalue weighted by Gasteiger charge is 2.10. The molecule has 0 fully saturated rings.